The molecule has 2 N–H and O–H groups in total. The highest BCUT2D eigenvalue weighted by Crippen LogP contribution is 2.38. The Kier molecular flexibility index (Phi) is 3.56. The van der Waals surface area contributed by atoms with Crippen molar-refractivity contribution < 1.29 is 12.8 Å². The van der Waals surface area contributed by atoms with Crippen LogP contribution < -0.4 is 5.73 Å². The maximum Gasteiger partial charge on any atom is 0.246 e. The predicted molar refractivity (Wildman–Crippen MR) is 73.9 cm³/mol. The minimum absolute atomic E-state index is 0.0641. The highest BCUT2D eigenvalue weighted by Gasteiger charge is 2.41. The lowest BCUT2D eigenvalue weighted by molar-refractivity contribution is 0.386. The van der Waals surface area contributed by atoms with Crippen LogP contribution in [-0.4, -0.2) is 25.3 Å². The van der Waals surface area contributed by atoms with Crippen LogP contribution in [0.3, 0.4) is 0 Å². The number of hydrogen-bond donors (Lipinski definition) is 1. The molecule has 0 amide bonds. The summed E-state index contributed by atoms with van der Waals surface area (Å²) in [6.07, 6.45) is 3.92. The molecule has 2 fully saturated rings. The Balaban J connectivity index is 1.92. The van der Waals surface area contributed by atoms with Gasteiger partial charge in [-0.25, -0.2) is 12.8 Å². The first-order valence-electron chi connectivity index (χ1n) is 7.02. The number of nitrogens with zero attached hydrogens (tertiary/aromatic N) is 1. The molecule has 0 radical (unpaired) electrons. The van der Waals surface area contributed by atoms with E-state index in [-0.39, 0.29) is 17.5 Å². The fraction of sp³-hybridized carbons (Fsp3) is 0.571. The van der Waals surface area contributed by atoms with Crippen LogP contribution in [-0.2, 0) is 16.6 Å². The molecule has 6 heteroatoms. The second kappa shape index (κ2) is 5.09. The van der Waals surface area contributed by atoms with Gasteiger partial charge in [0, 0.05) is 19.1 Å². The number of sulfonamides is 1. The van der Waals surface area contributed by atoms with Gasteiger partial charge in [0.15, 0.2) is 0 Å². The van der Waals surface area contributed by atoms with Crippen LogP contribution in [0.1, 0.15) is 31.2 Å². The average molecular weight is 298 g/mol. The fourth-order valence-corrected chi connectivity index (χ4v) is 4.18. The van der Waals surface area contributed by atoms with E-state index in [4.69, 9.17) is 5.73 Å². The highest BCUT2D eigenvalue weighted by molar-refractivity contribution is 7.89. The smallest absolute Gasteiger partial charge is 0.246 e. The van der Waals surface area contributed by atoms with Gasteiger partial charge < -0.3 is 5.73 Å². The molecule has 110 valence electrons. The summed E-state index contributed by atoms with van der Waals surface area (Å²) < 4.78 is 40.9. The topological polar surface area (TPSA) is 63.4 Å². The first-order chi connectivity index (χ1) is 9.52. The van der Waals surface area contributed by atoms with Crippen molar-refractivity contribution in [2.45, 2.75) is 43.2 Å². The normalized spacial score (nSPS) is 19.6. The molecule has 4 nitrogen and oxygen atoms in total. The summed E-state index contributed by atoms with van der Waals surface area (Å²) in [6, 6.07) is 4.21. The second-order valence-electron chi connectivity index (χ2n) is 5.72. The summed E-state index contributed by atoms with van der Waals surface area (Å²) in [5, 5.41) is 0. The number of halogens is 1. The molecule has 0 saturated heterocycles. The quantitative estimate of drug-likeness (QED) is 0.871. The third kappa shape index (κ3) is 2.73. The summed E-state index contributed by atoms with van der Waals surface area (Å²) in [4.78, 5) is -0.220. The molecule has 20 heavy (non-hydrogen) atoms. The van der Waals surface area contributed by atoms with Gasteiger partial charge in [0.1, 0.15) is 10.7 Å². The zero-order valence-corrected chi connectivity index (χ0v) is 12.1. The number of benzene rings is 1. The number of hydrogen-bond acceptors (Lipinski definition) is 3. The summed E-state index contributed by atoms with van der Waals surface area (Å²) in [6.45, 7) is 0.733. The van der Waals surface area contributed by atoms with E-state index in [0.29, 0.717) is 18.0 Å². The van der Waals surface area contributed by atoms with Crippen molar-refractivity contribution in [3.8, 4) is 0 Å². The standard InChI is InChI=1S/C14H19FN2O2S/c15-13-7-11(8-16)3-6-14(13)20(18,19)17(12-4-5-12)9-10-1-2-10/h3,6-7,10,12H,1-2,4-5,8-9,16H2. The Morgan fingerprint density at radius 2 is 1.95 bits per heavy atom. The molecule has 0 unspecified atom stereocenters. The van der Waals surface area contributed by atoms with Gasteiger partial charge in [0.2, 0.25) is 10.0 Å². The van der Waals surface area contributed by atoms with E-state index in [0.717, 1.165) is 25.7 Å². The maximum atomic E-state index is 14.1. The molecule has 0 bridgehead atoms. The number of nitrogens with two attached hydrogens (primary N) is 1. The van der Waals surface area contributed by atoms with Crippen LogP contribution in [0.5, 0.6) is 0 Å². The van der Waals surface area contributed by atoms with Crippen molar-refractivity contribution in [3.05, 3.63) is 29.6 Å². The zero-order valence-electron chi connectivity index (χ0n) is 11.3. The third-order valence-electron chi connectivity index (χ3n) is 3.91. The van der Waals surface area contributed by atoms with E-state index < -0.39 is 15.8 Å². The largest absolute Gasteiger partial charge is 0.326 e. The Labute approximate surface area is 118 Å². The fourth-order valence-electron chi connectivity index (χ4n) is 2.37. The van der Waals surface area contributed by atoms with Gasteiger partial charge in [-0.2, -0.15) is 4.31 Å². The Morgan fingerprint density at radius 3 is 2.45 bits per heavy atom. The van der Waals surface area contributed by atoms with Crippen molar-refractivity contribution >= 4 is 10.0 Å². The first-order valence-corrected chi connectivity index (χ1v) is 8.46. The SMILES string of the molecule is NCc1ccc(S(=O)(=O)N(CC2CC2)C2CC2)c(F)c1. The van der Waals surface area contributed by atoms with Gasteiger partial charge >= 0.3 is 0 Å². The van der Waals surface area contributed by atoms with E-state index in [2.05, 4.69) is 0 Å². The van der Waals surface area contributed by atoms with Crippen molar-refractivity contribution in [2.75, 3.05) is 6.54 Å². The Morgan fingerprint density at radius 1 is 1.25 bits per heavy atom. The molecule has 0 atom stereocenters. The lowest BCUT2D eigenvalue weighted by Gasteiger charge is -2.22. The van der Waals surface area contributed by atoms with Crippen LogP contribution in [0.4, 0.5) is 4.39 Å². The zero-order chi connectivity index (χ0) is 14.3. The van der Waals surface area contributed by atoms with E-state index in [9.17, 15) is 12.8 Å². The second-order valence-corrected chi connectivity index (χ2v) is 7.58. The monoisotopic (exact) mass is 298 g/mol. The summed E-state index contributed by atoms with van der Waals surface area (Å²) in [5.74, 6) is -0.244. The average Bonchev–Trinajstić information content (AvgIpc) is 3.27. The maximum absolute atomic E-state index is 14.1. The minimum Gasteiger partial charge on any atom is -0.326 e. The predicted octanol–water partition coefficient (Wildman–Crippen LogP) is 1.85. The van der Waals surface area contributed by atoms with Gasteiger partial charge in [-0.15, -0.1) is 0 Å². The lowest BCUT2D eigenvalue weighted by Crippen LogP contribution is -2.35. The van der Waals surface area contributed by atoms with Gasteiger partial charge in [-0.3, -0.25) is 0 Å². The Hall–Kier alpha value is -0.980. The van der Waals surface area contributed by atoms with E-state index >= 15 is 0 Å². The molecular weight excluding hydrogens is 279 g/mol. The molecule has 0 heterocycles. The summed E-state index contributed by atoms with van der Waals surface area (Å²) >= 11 is 0. The van der Waals surface area contributed by atoms with Gasteiger partial charge in [-0.05, 0) is 49.3 Å². The number of rotatable bonds is 6. The Bertz CT molecular complexity index is 610. The van der Waals surface area contributed by atoms with Gasteiger partial charge in [-0.1, -0.05) is 6.07 Å². The van der Waals surface area contributed by atoms with E-state index in [1.807, 2.05) is 0 Å². The lowest BCUT2D eigenvalue weighted by atomic mass is 10.2. The van der Waals surface area contributed by atoms with Crippen LogP contribution in [0.15, 0.2) is 23.1 Å². The molecule has 2 aliphatic carbocycles. The third-order valence-corrected chi connectivity index (χ3v) is 5.86. The highest BCUT2D eigenvalue weighted by atomic mass is 32.2. The molecule has 2 saturated carbocycles. The van der Waals surface area contributed by atoms with Crippen molar-refractivity contribution in [1.82, 2.24) is 4.31 Å². The molecule has 0 aromatic heterocycles. The summed E-state index contributed by atoms with van der Waals surface area (Å²) in [7, 11) is -3.73. The molecular formula is C14H19FN2O2S. The minimum atomic E-state index is -3.73. The molecule has 0 aliphatic heterocycles. The van der Waals surface area contributed by atoms with Crippen molar-refractivity contribution in [3.63, 3.8) is 0 Å². The molecule has 3 rings (SSSR count). The van der Waals surface area contributed by atoms with Crippen LogP contribution in [0, 0.1) is 11.7 Å². The van der Waals surface area contributed by atoms with Gasteiger partial charge in [0.25, 0.3) is 0 Å². The van der Waals surface area contributed by atoms with Crippen LogP contribution in [0.2, 0.25) is 0 Å². The molecule has 1 aromatic rings. The van der Waals surface area contributed by atoms with Crippen LogP contribution in [0.25, 0.3) is 0 Å². The van der Waals surface area contributed by atoms with Crippen LogP contribution >= 0.6 is 0 Å². The van der Waals surface area contributed by atoms with Crippen molar-refractivity contribution in [1.29, 1.82) is 0 Å². The molecule has 0 spiro atoms. The first kappa shape index (κ1) is 14.0. The van der Waals surface area contributed by atoms with E-state index in [1.165, 1.54) is 16.4 Å². The van der Waals surface area contributed by atoms with Gasteiger partial charge in [0.05, 0.1) is 0 Å². The molecule has 2 aliphatic rings. The van der Waals surface area contributed by atoms with Crippen molar-refractivity contribution in [2.24, 2.45) is 11.7 Å². The van der Waals surface area contributed by atoms with E-state index in [1.54, 1.807) is 6.07 Å². The summed E-state index contributed by atoms with van der Waals surface area (Å²) in [5.41, 5.74) is 6.04. The molecule has 1 aromatic carbocycles.